The van der Waals surface area contributed by atoms with Crippen molar-refractivity contribution in [2.45, 2.75) is 18.5 Å². The first-order valence-corrected chi connectivity index (χ1v) is 11.4. The maximum atomic E-state index is 12.9. The molecule has 10 heteroatoms. The van der Waals surface area contributed by atoms with Crippen molar-refractivity contribution in [3.63, 3.8) is 0 Å². The van der Waals surface area contributed by atoms with Crippen molar-refractivity contribution in [3.05, 3.63) is 89.5 Å². The van der Waals surface area contributed by atoms with E-state index >= 15 is 0 Å². The van der Waals surface area contributed by atoms with E-state index in [9.17, 15) is 39.5 Å². The molecule has 0 spiro atoms. The Morgan fingerprint density at radius 3 is 0.710 bits per heavy atom. The predicted molar refractivity (Wildman–Crippen MR) is 99.0 cm³/mol. The Morgan fingerprint density at radius 1 is 0.355 bits per heavy atom. The maximum absolute atomic E-state index is 12.9. The fourth-order valence-corrected chi connectivity index (χ4v) is 7.54. The summed E-state index contributed by atoms with van der Waals surface area (Å²) < 4.78 is 117. The topological polar surface area (TPSA) is 0 Å². The van der Waals surface area contributed by atoms with E-state index in [1.807, 2.05) is 0 Å². The number of rotatable bonds is 3. The zero-order valence-corrected chi connectivity index (χ0v) is 17.2. The van der Waals surface area contributed by atoms with Gasteiger partial charge in [0.2, 0.25) is 0 Å². The average molecular weight is 510 g/mol. The summed E-state index contributed by atoms with van der Waals surface area (Å²) in [5.41, 5.74) is -2.69. The van der Waals surface area contributed by atoms with E-state index in [1.165, 1.54) is 36.4 Å². The Morgan fingerprint density at radius 2 is 0.548 bits per heavy atom. The van der Waals surface area contributed by atoms with E-state index < -0.39 is 49.9 Å². The van der Waals surface area contributed by atoms with Gasteiger partial charge in [-0.3, -0.25) is 0 Å². The van der Waals surface area contributed by atoms with Crippen LogP contribution in [0.3, 0.4) is 0 Å². The molecule has 31 heavy (non-hydrogen) atoms. The normalized spacial score (nSPS) is 13.0. The van der Waals surface area contributed by atoms with E-state index in [0.717, 1.165) is 36.4 Å². The summed E-state index contributed by atoms with van der Waals surface area (Å²) in [6.07, 6.45) is -13.7. The van der Waals surface area contributed by atoms with Gasteiger partial charge in [0, 0.05) is 0 Å². The van der Waals surface area contributed by atoms with Gasteiger partial charge in [-0.2, -0.15) is 0 Å². The molecule has 0 unspecified atom stereocenters. The molecule has 0 saturated heterocycles. The van der Waals surface area contributed by atoms with Gasteiger partial charge in [-0.15, -0.1) is 0 Å². The van der Waals surface area contributed by atoms with Gasteiger partial charge in [0.1, 0.15) is 0 Å². The van der Waals surface area contributed by atoms with Crippen LogP contribution < -0.4 is 13.1 Å². The van der Waals surface area contributed by atoms with Crippen molar-refractivity contribution in [2.75, 3.05) is 0 Å². The van der Waals surface area contributed by atoms with Crippen LogP contribution in [0.2, 0.25) is 0 Å². The molecule has 164 valence electrons. The molecule has 0 amide bonds. The minimum atomic E-state index is -4.57. The van der Waals surface area contributed by atoms with Gasteiger partial charge in [0.05, 0.1) is 0 Å². The molecule has 0 bridgehead atoms. The summed E-state index contributed by atoms with van der Waals surface area (Å²) in [4.78, 5) is 0. The quantitative estimate of drug-likeness (QED) is 0.334. The molecule has 0 aliphatic heterocycles. The van der Waals surface area contributed by atoms with Crippen molar-refractivity contribution < 1.29 is 39.5 Å². The SMILES string of the molecule is FC(F)(F)c1ccc([As](c2ccc(C(F)(F)F)cc2)c2ccc(C(F)(F)F)cc2)cc1. The van der Waals surface area contributed by atoms with Crippen LogP contribution in [0, 0.1) is 0 Å². The van der Waals surface area contributed by atoms with E-state index in [-0.39, 0.29) is 0 Å². The third-order valence-corrected chi connectivity index (χ3v) is 9.49. The molecule has 0 saturated carbocycles. The van der Waals surface area contributed by atoms with Crippen LogP contribution in [-0.2, 0) is 18.5 Å². The molecular weight excluding hydrogens is 498 g/mol. The van der Waals surface area contributed by atoms with Crippen molar-refractivity contribution in [1.82, 2.24) is 0 Å². The van der Waals surface area contributed by atoms with Gasteiger partial charge in [-0.25, -0.2) is 0 Å². The van der Waals surface area contributed by atoms with E-state index in [0.29, 0.717) is 13.1 Å². The van der Waals surface area contributed by atoms with Crippen molar-refractivity contribution >= 4 is 27.7 Å². The predicted octanol–water partition coefficient (Wildman–Crippen LogP) is 5.26. The Kier molecular flexibility index (Phi) is 6.20. The van der Waals surface area contributed by atoms with Crippen LogP contribution in [-0.4, -0.2) is 14.7 Å². The Bertz CT molecular complexity index is 877. The molecule has 0 N–H and O–H groups in total. The molecule has 0 fully saturated rings. The summed E-state index contributed by atoms with van der Waals surface area (Å²) in [5.74, 6) is 0. The molecule has 3 aromatic rings. The molecule has 0 aliphatic carbocycles. The second-order valence-corrected chi connectivity index (χ2v) is 11.1. The van der Waals surface area contributed by atoms with Crippen molar-refractivity contribution in [2.24, 2.45) is 0 Å². The van der Waals surface area contributed by atoms with Crippen molar-refractivity contribution in [1.29, 1.82) is 0 Å². The minimum absolute atomic E-state index is 0.431. The van der Waals surface area contributed by atoms with Crippen LogP contribution >= 0.6 is 0 Å². The second-order valence-electron chi connectivity index (χ2n) is 6.47. The van der Waals surface area contributed by atoms with Gasteiger partial charge in [0.15, 0.2) is 0 Å². The number of hydrogen-bond donors (Lipinski definition) is 0. The number of benzene rings is 3. The third kappa shape index (κ3) is 5.45. The molecule has 0 nitrogen and oxygen atoms in total. The second kappa shape index (κ2) is 8.26. The van der Waals surface area contributed by atoms with Crippen LogP contribution in [0.1, 0.15) is 16.7 Å². The monoisotopic (exact) mass is 510 g/mol. The van der Waals surface area contributed by atoms with Gasteiger partial charge in [-0.1, -0.05) is 0 Å². The zero-order valence-electron chi connectivity index (χ0n) is 15.3. The number of alkyl halides is 9. The van der Waals surface area contributed by atoms with E-state index in [2.05, 4.69) is 0 Å². The average Bonchev–Trinajstić information content (AvgIpc) is 2.67. The van der Waals surface area contributed by atoms with Crippen LogP contribution in [0.5, 0.6) is 0 Å². The molecule has 3 aromatic carbocycles. The molecular formula is C21H12AsF9. The Labute approximate surface area is 175 Å². The zero-order chi connectivity index (χ0) is 23.0. The Balaban J connectivity index is 2.08. The summed E-state index contributed by atoms with van der Waals surface area (Å²) in [6, 6.07) is 12.4. The fraction of sp³-hybridized carbons (Fsp3) is 0.143. The molecule has 0 aliphatic rings. The first-order chi connectivity index (χ1) is 14.3. The van der Waals surface area contributed by atoms with Crippen LogP contribution in [0.25, 0.3) is 0 Å². The van der Waals surface area contributed by atoms with E-state index in [1.54, 1.807) is 0 Å². The molecule has 0 aromatic heterocycles. The van der Waals surface area contributed by atoms with Gasteiger partial charge in [0.25, 0.3) is 0 Å². The fourth-order valence-electron chi connectivity index (χ4n) is 2.85. The standard InChI is InChI=1S/C21H12AsF9/c23-19(24,25)13-1-7-16(8-2-13)22(17-9-3-14(4-10-17)20(26,27)28)18-11-5-15(6-12-18)21(29,30)31/h1-12H. The van der Waals surface area contributed by atoms with Crippen molar-refractivity contribution in [3.8, 4) is 0 Å². The summed E-state index contributed by atoms with van der Waals surface area (Å²) in [5, 5.41) is 0. The molecule has 0 radical (unpaired) electrons. The summed E-state index contributed by atoms with van der Waals surface area (Å²) in [6.45, 7) is 0. The summed E-state index contributed by atoms with van der Waals surface area (Å²) >= 11 is -2.72. The number of hydrogen-bond acceptors (Lipinski definition) is 0. The molecule has 0 heterocycles. The van der Waals surface area contributed by atoms with Gasteiger partial charge < -0.3 is 0 Å². The first kappa shape index (κ1) is 23.3. The van der Waals surface area contributed by atoms with Gasteiger partial charge >= 0.3 is 175 Å². The molecule has 0 atom stereocenters. The van der Waals surface area contributed by atoms with E-state index in [4.69, 9.17) is 0 Å². The Hall–Kier alpha value is -2.41. The van der Waals surface area contributed by atoms with Crippen LogP contribution in [0.4, 0.5) is 39.5 Å². The first-order valence-electron chi connectivity index (χ1n) is 8.59. The summed E-state index contributed by atoms with van der Waals surface area (Å²) in [7, 11) is 0. The number of halogens is 9. The van der Waals surface area contributed by atoms with Crippen LogP contribution in [0.15, 0.2) is 72.8 Å². The molecule has 3 rings (SSSR count). The third-order valence-electron chi connectivity index (χ3n) is 4.36. The van der Waals surface area contributed by atoms with Gasteiger partial charge in [-0.05, 0) is 0 Å².